The van der Waals surface area contributed by atoms with E-state index in [1.54, 1.807) is 11.6 Å². The van der Waals surface area contributed by atoms with Crippen molar-refractivity contribution in [1.29, 1.82) is 0 Å². The molecule has 2 aliphatic heterocycles. The molecule has 2 aliphatic rings. The van der Waals surface area contributed by atoms with Crippen molar-refractivity contribution in [2.75, 3.05) is 11.5 Å². The number of aromatic nitrogens is 5. The van der Waals surface area contributed by atoms with Gasteiger partial charge >= 0.3 is 6.09 Å². The lowest BCUT2D eigenvalue weighted by molar-refractivity contribution is 0.0497. The molecule has 46 heavy (non-hydrogen) atoms. The summed E-state index contributed by atoms with van der Waals surface area (Å²) in [6, 6.07) is 4.98. The zero-order chi connectivity index (χ0) is 33.3. The van der Waals surface area contributed by atoms with Gasteiger partial charge in [0.2, 0.25) is 5.95 Å². The van der Waals surface area contributed by atoms with Crippen LogP contribution in [0.15, 0.2) is 23.1 Å². The number of nitrogens with one attached hydrogen (secondary N) is 1. The molecule has 5 heterocycles. The third-order valence-corrected chi connectivity index (χ3v) is 11.4. The minimum absolute atomic E-state index is 0.00866. The van der Waals surface area contributed by atoms with Gasteiger partial charge < -0.3 is 24.3 Å². The van der Waals surface area contributed by atoms with Crippen LogP contribution >= 0.6 is 11.6 Å². The minimum atomic E-state index is -1.29. The first-order valence-corrected chi connectivity index (χ1v) is 20.2. The summed E-state index contributed by atoms with van der Waals surface area (Å²) in [4.78, 5) is 34.5. The van der Waals surface area contributed by atoms with E-state index in [1.807, 2.05) is 62.3 Å². The number of ether oxygens (including phenoxy) is 2. The molecule has 2 bridgehead atoms. The SMILES string of the molecule is Cc1c2c(Cl)c(-c3cn(COCC[Si](C)(C)C)c4nc(N5C6CC[C@H]5C[C@H]6NC(=O)OC(C)(C)C)n(C)c(=O)c34)ccc2nn1C. The molecule has 1 aromatic carbocycles. The standard InChI is InChI=1S/C33H46ClN7O4Si/c1-19-26-23(37-39(19)6)12-11-21(28(26)34)22-17-40(18-44-14-15-46(7,8)9)29-27(22)30(42)38(5)31(36-29)41-20-10-13-25(41)24(16-20)35-32(43)45-33(2,3)4/h11-12,17,20,24-25H,10,13-16,18H2,1-9H3,(H,35,43)/t20-,24+,25?/m0/s1. The van der Waals surface area contributed by atoms with Crippen molar-refractivity contribution in [3.8, 4) is 11.1 Å². The van der Waals surface area contributed by atoms with E-state index in [1.165, 1.54) is 0 Å². The summed E-state index contributed by atoms with van der Waals surface area (Å²) < 4.78 is 17.1. The molecule has 2 fully saturated rings. The summed E-state index contributed by atoms with van der Waals surface area (Å²) in [7, 11) is 2.38. The Kier molecular flexibility index (Phi) is 8.30. The Balaban J connectivity index is 1.43. The molecule has 3 atom stereocenters. The summed E-state index contributed by atoms with van der Waals surface area (Å²) in [5, 5.41) is 9.60. The highest BCUT2D eigenvalue weighted by molar-refractivity contribution is 6.76. The molecule has 3 aromatic heterocycles. The molecular formula is C33H46ClN7O4Si. The van der Waals surface area contributed by atoms with E-state index in [2.05, 4.69) is 35.0 Å². The average Bonchev–Trinajstić information content (AvgIpc) is 3.68. The normalized spacial score (nSPS) is 20.0. The van der Waals surface area contributed by atoms with Crippen LogP contribution in [0.2, 0.25) is 30.7 Å². The maximum Gasteiger partial charge on any atom is 0.407 e. The van der Waals surface area contributed by atoms with Gasteiger partial charge in [0.1, 0.15) is 12.3 Å². The monoisotopic (exact) mass is 667 g/mol. The van der Waals surface area contributed by atoms with E-state index < -0.39 is 19.8 Å². The van der Waals surface area contributed by atoms with Gasteiger partial charge in [0, 0.05) is 63.2 Å². The lowest BCUT2D eigenvalue weighted by atomic mass is 9.96. The highest BCUT2D eigenvalue weighted by Gasteiger charge is 2.49. The summed E-state index contributed by atoms with van der Waals surface area (Å²) in [5.74, 6) is 0.594. The molecule has 0 spiro atoms. The summed E-state index contributed by atoms with van der Waals surface area (Å²) in [6.45, 7) is 15.4. The fourth-order valence-corrected chi connectivity index (χ4v) is 8.05. The fraction of sp³-hybridized carbons (Fsp3) is 0.576. The fourth-order valence-electron chi connectivity index (χ4n) is 6.89. The second-order valence-corrected chi connectivity index (χ2v) is 21.1. The van der Waals surface area contributed by atoms with Crippen molar-refractivity contribution in [3.63, 3.8) is 0 Å². The number of carbonyl (C=O) groups is 1. The zero-order valence-electron chi connectivity index (χ0n) is 28.4. The van der Waals surface area contributed by atoms with Crippen LogP contribution in [0.5, 0.6) is 0 Å². The average molecular weight is 668 g/mol. The van der Waals surface area contributed by atoms with E-state index in [0.717, 1.165) is 47.5 Å². The first kappa shape index (κ1) is 32.6. The molecule has 13 heteroatoms. The van der Waals surface area contributed by atoms with E-state index in [9.17, 15) is 9.59 Å². The summed E-state index contributed by atoms with van der Waals surface area (Å²) >= 11 is 7.08. The maximum atomic E-state index is 14.4. The molecule has 0 aliphatic carbocycles. The van der Waals surface area contributed by atoms with E-state index in [0.29, 0.717) is 34.2 Å². The van der Waals surface area contributed by atoms with Gasteiger partial charge in [-0.05, 0) is 59.1 Å². The second-order valence-electron chi connectivity index (χ2n) is 15.1. The number of fused-ring (bicyclic) bond motifs is 4. The molecule has 6 rings (SSSR count). The number of hydrogen-bond acceptors (Lipinski definition) is 7. The third-order valence-electron chi connectivity index (χ3n) is 9.29. The van der Waals surface area contributed by atoms with Gasteiger partial charge in [-0.25, -0.2) is 4.79 Å². The molecule has 1 unspecified atom stereocenters. The van der Waals surface area contributed by atoms with Crippen molar-refractivity contribution >= 4 is 53.7 Å². The van der Waals surface area contributed by atoms with Crippen LogP contribution in [0.4, 0.5) is 10.7 Å². The number of alkyl carbamates (subject to hydrolysis) is 1. The van der Waals surface area contributed by atoms with Crippen molar-refractivity contribution in [2.45, 2.75) is 103 Å². The maximum absolute atomic E-state index is 14.4. The molecule has 0 radical (unpaired) electrons. The van der Waals surface area contributed by atoms with E-state index >= 15 is 0 Å². The van der Waals surface area contributed by atoms with E-state index in [4.69, 9.17) is 26.1 Å². The second kappa shape index (κ2) is 11.7. The molecule has 1 N–H and O–H groups in total. The molecule has 2 saturated heterocycles. The number of anilines is 1. The number of halogens is 1. The number of nitrogens with zero attached hydrogens (tertiary/aromatic N) is 6. The first-order chi connectivity index (χ1) is 21.5. The van der Waals surface area contributed by atoms with Crippen molar-refractivity contribution in [3.05, 3.63) is 39.4 Å². The lowest BCUT2D eigenvalue weighted by Crippen LogP contribution is -2.46. The topological polar surface area (TPSA) is 108 Å². The van der Waals surface area contributed by atoms with Gasteiger partial charge in [-0.1, -0.05) is 37.3 Å². The largest absolute Gasteiger partial charge is 0.444 e. The molecule has 11 nitrogen and oxygen atoms in total. The van der Waals surface area contributed by atoms with E-state index in [-0.39, 0.29) is 30.4 Å². The Labute approximate surface area is 275 Å². The Bertz CT molecular complexity index is 1880. The van der Waals surface area contributed by atoms with Crippen LogP contribution < -0.4 is 15.8 Å². The predicted molar refractivity (Wildman–Crippen MR) is 186 cm³/mol. The van der Waals surface area contributed by atoms with Gasteiger partial charge in [-0.15, -0.1) is 0 Å². The molecule has 4 aromatic rings. The van der Waals surface area contributed by atoms with Gasteiger partial charge in [0.25, 0.3) is 5.56 Å². The number of carbonyl (C=O) groups excluding carboxylic acids is 1. The van der Waals surface area contributed by atoms with Crippen LogP contribution in [0, 0.1) is 6.92 Å². The van der Waals surface area contributed by atoms with Gasteiger partial charge in [0.05, 0.1) is 28.0 Å². The number of amides is 1. The number of hydrogen-bond donors (Lipinski definition) is 1. The summed E-state index contributed by atoms with van der Waals surface area (Å²) in [6.07, 6.45) is 4.16. The van der Waals surface area contributed by atoms with Gasteiger partial charge in [-0.3, -0.25) is 14.0 Å². The van der Waals surface area contributed by atoms with Crippen molar-refractivity contribution < 1.29 is 14.3 Å². The Morgan fingerprint density at radius 1 is 1.13 bits per heavy atom. The Hall–Kier alpha value is -3.35. The summed E-state index contributed by atoms with van der Waals surface area (Å²) in [5.41, 5.74) is 3.05. The quantitative estimate of drug-likeness (QED) is 0.176. The lowest BCUT2D eigenvalue weighted by Gasteiger charge is -2.28. The number of aryl methyl sites for hydroxylation is 2. The van der Waals surface area contributed by atoms with Crippen molar-refractivity contribution in [1.82, 2.24) is 29.2 Å². The van der Waals surface area contributed by atoms with Gasteiger partial charge in [0.15, 0.2) is 5.65 Å². The molecule has 0 saturated carbocycles. The first-order valence-electron chi connectivity index (χ1n) is 16.1. The number of rotatable bonds is 8. The Morgan fingerprint density at radius 3 is 2.57 bits per heavy atom. The Morgan fingerprint density at radius 2 is 1.87 bits per heavy atom. The van der Waals surface area contributed by atoms with Crippen LogP contribution in [-0.2, 0) is 30.3 Å². The molecule has 1 amide bonds. The predicted octanol–water partition coefficient (Wildman–Crippen LogP) is 6.20. The van der Waals surface area contributed by atoms with Gasteiger partial charge in [-0.2, -0.15) is 10.1 Å². The van der Waals surface area contributed by atoms with Crippen LogP contribution in [-0.4, -0.2) is 68.4 Å². The smallest absolute Gasteiger partial charge is 0.407 e. The minimum Gasteiger partial charge on any atom is -0.444 e. The third kappa shape index (κ3) is 5.95. The number of benzene rings is 1. The molecular weight excluding hydrogens is 622 g/mol. The highest BCUT2D eigenvalue weighted by atomic mass is 35.5. The zero-order valence-corrected chi connectivity index (χ0v) is 30.2. The van der Waals surface area contributed by atoms with Crippen molar-refractivity contribution in [2.24, 2.45) is 14.1 Å². The van der Waals surface area contributed by atoms with Crippen LogP contribution in [0.1, 0.15) is 45.7 Å². The molecule has 248 valence electrons. The van der Waals surface area contributed by atoms with Crippen LogP contribution in [0.3, 0.4) is 0 Å². The highest BCUT2D eigenvalue weighted by Crippen LogP contribution is 2.42. The van der Waals surface area contributed by atoms with Crippen LogP contribution in [0.25, 0.3) is 33.1 Å².